The van der Waals surface area contributed by atoms with Crippen LogP contribution in [-0.2, 0) is 6.42 Å². The molecule has 6 heteroatoms. The normalized spacial score (nSPS) is 14.7. The molecular weight excluding hydrogens is 232 g/mol. The van der Waals surface area contributed by atoms with Gasteiger partial charge in [-0.3, -0.25) is 0 Å². The lowest BCUT2D eigenvalue weighted by atomic mass is 10.1. The van der Waals surface area contributed by atoms with E-state index in [9.17, 15) is 4.79 Å². The number of primary amides is 1. The second-order valence-electron chi connectivity index (χ2n) is 4.29. The molecule has 1 aliphatic heterocycles. The van der Waals surface area contributed by atoms with Gasteiger partial charge in [0.1, 0.15) is 11.5 Å². The van der Waals surface area contributed by atoms with Gasteiger partial charge < -0.3 is 15.5 Å². The van der Waals surface area contributed by atoms with Crippen LogP contribution in [0.2, 0.25) is 0 Å². The van der Waals surface area contributed by atoms with Crippen LogP contribution in [-0.4, -0.2) is 22.4 Å². The number of anilines is 1. The lowest BCUT2D eigenvalue weighted by molar-refractivity contribution is 0.248. The number of aromatic nitrogens is 2. The highest BCUT2D eigenvalue weighted by molar-refractivity contribution is 5.81. The lowest BCUT2D eigenvalue weighted by Gasteiger charge is -2.04. The zero-order valence-corrected chi connectivity index (χ0v) is 9.85. The number of nitrogens with zero attached hydrogens (tertiary/aromatic N) is 2. The Morgan fingerprint density at radius 1 is 1.50 bits per heavy atom. The Morgan fingerprint density at radius 2 is 2.39 bits per heavy atom. The first-order valence-electron chi connectivity index (χ1n) is 5.97. The second kappa shape index (κ2) is 4.21. The first-order chi connectivity index (χ1) is 8.77. The quantitative estimate of drug-likeness (QED) is 0.803. The maximum Gasteiger partial charge on any atom is 0.341 e. The molecule has 0 aromatic carbocycles. The fourth-order valence-electron chi connectivity index (χ4n) is 2.27. The van der Waals surface area contributed by atoms with Crippen LogP contribution in [0.3, 0.4) is 0 Å². The van der Waals surface area contributed by atoms with Gasteiger partial charge in [-0.25, -0.2) is 4.79 Å². The summed E-state index contributed by atoms with van der Waals surface area (Å²) in [7, 11) is 0. The summed E-state index contributed by atoms with van der Waals surface area (Å²) in [6.45, 7) is 0.823. The summed E-state index contributed by atoms with van der Waals surface area (Å²) in [6, 6.07) is 3.05. The van der Waals surface area contributed by atoms with Crippen molar-refractivity contribution in [3.8, 4) is 11.5 Å². The van der Waals surface area contributed by atoms with Crippen molar-refractivity contribution < 1.29 is 9.21 Å². The number of furan rings is 1. The van der Waals surface area contributed by atoms with Crippen LogP contribution >= 0.6 is 0 Å². The standard InChI is InChI=1S/C12H14N4O2/c13-12(17)16-11-8(4-1-2-6-14-11)10(15-16)9-5-3-7-18-9/h3,5,7,14H,1-2,4,6H2,(H2,13,17). The molecule has 0 unspecified atom stereocenters. The molecular formula is C12H14N4O2. The first-order valence-corrected chi connectivity index (χ1v) is 5.97. The van der Waals surface area contributed by atoms with Crippen molar-refractivity contribution in [1.82, 2.24) is 9.78 Å². The third-order valence-corrected chi connectivity index (χ3v) is 3.09. The Hall–Kier alpha value is -2.24. The maximum atomic E-state index is 11.4. The summed E-state index contributed by atoms with van der Waals surface area (Å²) in [5.41, 5.74) is 7.05. The number of carbonyl (C=O) groups excluding carboxylic acids is 1. The highest BCUT2D eigenvalue weighted by Gasteiger charge is 2.23. The van der Waals surface area contributed by atoms with E-state index in [-0.39, 0.29) is 0 Å². The van der Waals surface area contributed by atoms with Crippen molar-refractivity contribution in [3.63, 3.8) is 0 Å². The molecule has 3 N–H and O–H groups in total. The van der Waals surface area contributed by atoms with Crippen molar-refractivity contribution in [3.05, 3.63) is 24.0 Å². The van der Waals surface area contributed by atoms with Crippen molar-refractivity contribution >= 4 is 11.8 Å². The number of nitrogens with two attached hydrogens (primary N) is 1. The van der Waals surface area contributed by atoms with E-state index in [2.05, 4.69) is 10.4 Å². The van der Waals surface area contributed by atoms with Crippen molar-refractivity contribution in [2.75, 3.05) is 11.9 Å². The zero-order chi connectivity index (χ0) is 12.5. The van der Waals surface area contributed by atoms with E-state index < -0.39 is 6.03 Å². The minimum absolute atomic E-state index is 0.585. The number of rotatable bonds is 1. The predicted octanol–water partition coefficient (Wildman–Crippen LogP) is 1.82. The van der Waals surface area contributed by atoms with Crippen LogP contribution in [0.25, 0.3) is 11.5 Å². The molecule has 0 fully saturated rings. The molecule has 2 aromatic heterocycles. The molecule has 18 heavy (non-hydrogen) atoms. The molecule has 0 atom stereocenters. The van der Waals surface area contributed by atoms with Crippen LogP contribution in [0.1, 0.15) is 18.4 Å². The second-order valence-corrected chi connectivity index (χ2v) is 4.29. The molecule has 6 nitrogen and oxygen atoms in total. The Bertz CT molecular complexity index is 571. The number of carbonyl (C=O) groups is 1. The van der Waals surface area contributed by atoms with Gasteiger partial charge in [0.25, 0.3) is 0 Å². The van der Waals surface area contributed by atoms with Gasteiger partial charge in [0, 0.05) is 12.1 Å². The molecule has 94 valence electrons. The van der Waals surface area contributed by atoms with Crippen LogP contribution in [0.5, 0.6) is 0 Å². The minimum Gasteiger partial charge on any atom is -0.463 e. The number of hydrogen-bond donors (Lipinski definition) is 2. The SMILES string of the molecule is NC(=O)n1nc(-c2ccco2)c2c1NCCCC2. The fourth-order valence-corrected chi connectivity index (χ4v) is 2.27. The van der Waals surface area contributed by atoms with Crippen molar-refractivity contribution in [2.24, 2.45) is 5.73 Å². The molecule has 1 aliphatic rings. The van der Waals surface area contributed by atoms with Gasteiger partial charge in [0.2, 0.25) is 0 Å². The Labute approximate surface area is 104 Å². The summed E-state index contributed by atoms with van der Waals surface area (Å²) in [6.07, 6.45) is 4.57. The van der Waals surface area contributed by atoms with E-state index in [1.54, 1.807) is 12.3 Å². The summed E-state index contributed by atoms with van der Waals surface area (Å²) in [5, 5.41) is 7.48. The van der Waals surface area contributed by atoms with Gasteiger partial charge >= 0.3 is 6.03 Å². The van der Waals surface area contributed by atoms with Gasteiger partial charge in [0.05, 0.1) is 6.26 Å². The summed E-state index contributed by atoms with van der Waals surface area (Å²) in [5.74, 6) is 1.36. The lowest BCUT2D eigenvalue weighted by Crippen LogP contribution is -2.23. The average molecular weight is 246 g/mol. The fraction of sp³-hybridized carbons (Fsp3) is 0.333. The van der Waals surface area contributed by atoms with Gasteiger partial charge in [-0.15, -0.1) is 0 Å². The van der Waals surface area contributed by atoms with E-state index in [0.29, 0.717) is 17.3 Å². The van der Waals surface area contributed by atoms with E-state index in [1.165, 1.54) is 4.68 Å². The van der Waals surface area contributed by atoms with E-state index in [4.69, 9.17) is 10.2 Å². The summed E-state index contributed by atoms with van der Waals surface area (Å²) >= 11 is 0. The average Bonchev–Trinajstić information content (AvgIpc) is 2.91. The molecule has 0 bridgehead atoms. The predicted molar refractivity (Wildman–Crippen MR) is 66.3 cm³/mol. The van der Waals surface area contributed by atoms with E-state index in [0.717, 1.165) is 31.4 Å². The molecule has 0 saturated heterocycles. The summed E-state index contributed by atoms with van der Waals surface area (Å²) in [4.78, 5) is 11.4. The van der Waals surface area contributed by atoms with Gasteiger partial charge in [-0.05, 0) is 31.4 Å². The Balaban J connectivity index is 2.17. The van der Waals surface area contributed by atoms with E-state index in [1.807, 2.05) is 6.07 Å². The van der Waals surface area contributed by atoms with Crippen LogP contribution in [0, 0.1) is 0 Å². The summed E-state index contributed by atoms with van der Waals surface area (Å²) < 4.78 is 6.58. The van der Waals surface area contributed by atoms with Gasteiger partial charge in [-0.2, -0.15) is 9.78 Å². The van der Waals surface area contributed by atoms with Gasteiger partial charge in [-0.1, -0.05) is 0 Å². The highest BCUT2D eigenvalue weighted by Crippen LogP contribution is 2.31. The van der Waals surface area contributed by atoms with Crippen molar-refractivity contribution in [1.29, 1.82) is 0 Å². The van der Waals surface area contributed by atoms with Crippen LogP contribution in [0.4, 0.5) is 10.6 Å². The molecule has 0 aliphatic carbocycles. The molecule has 2 aromatic rings. The molecule has 3 rings (SSSR count). The third-order valence-electron chi connectivity index (χ3n) is 3.09. The van der Waals surface area contributed by atoms with E-state index >= 15 is 0 Å². The first kappa shape index (κ1) is 10.9. The van der Waals surface area contributed by atoms with Crippen molar-refractivity contribution in [2.45, 2.75) is 19.3 Å². The number of amides is 1. The van der Waals surface area contributed by atoms with Gasteiger partial charge in [0.15, 0.2) is 5.76 Å². The highest BCUT2D eigenvalue weighted by atomic mass is 16.3. The number of fused-ring (bicyclic) bond motifs is 1. The molecule has 0 saturated carbocycles. The zero-order valence-electron chi connectivity index (χ0n) is 9.85. The topological polar surface area (TPSA) is 86.1 Å². The monoisotopic (exact) mass is 246 g/mol. The number of hydrogen-bond acceptors (Lipinski definition) is 4. The van der Waals surface area contributed by atoms with Crippen LogP contribution in [0.15, 0.2) is 22.8 Å². The minimum atomic E-state index is -0.585. The Kier molecular flexibility index (Phi) is 2.55. The molecule has 1 amide bonds. The smallest absolute Gasteiger partial charge is 0.341 e. The largest absolute Gasteiger partial charge is 0.463 e. The Morgan fingerprint density at radius 3 is 3.11 bits per heavy atom. The number of nitrogens with one attached hydrogen (secondary N) is 1. The maximum absolute atomic E-state index is 11.4. The molecule has 3 heterocycles. The molecule has 0 spiro atoms. The third kappa shape index (κ3) is 1.66. The molecule has 0 radical (unpaired) electrons. The van der Waals surface area contributed by atoms with Crippen LogP contribution < -0.4 is 11.1 Å².